The topological polar surface area (TPSA) is 43.3 Å². The number of ether oxygens (including phenoxy) is 1. The van der Waals surface area contributed by atoms with Crippen molar-refractivity contribution in [3.63, 3.8) is 0 Å². The van der Waals surface area contributed by atoms with Gasteiger partial charge in [-0.15, -0.1) is 6.58 Å². The number of nitrogens with one attached hydrogen (secondary N) is 1. The molecule has 25 heavy (non-hydrogen) atoms. The molecule has 0 spiro atoms. The van der Waals surface area contributed by atoms with E-state index in [1.54, 1.807) is 0 Å². The minimum absolute atomic E-state index is 0.131. The molecule has 4 rings (SSSR count). The Bertz CT molecular complexity index is 836. The fourth-order valence-electron chi connectivity index (χ4n) is 4.62. The number of rotatable bonds is 4. The van der Waals surface area contributed by atoms with E-state index in [2.05, 4.69) is 47.7 Å². The van der Waals surface area contributed by atoms with E-state index in [1.807, 2.05) is 6.92 Å². The second-order valence-corrected chi connectivity index (χ2v) is 7.37. The van der Waals surface area contributed by atoms with Crippen LogP contribution in [0.3, 0.4) is 0 Å². The van der Waals surface area contributed by atoms with Crippen molar-refractivity contribution in [2.24, 2.45) is 0 Å². The second kappa shape index (κ2) is 6.34. The van der Waals surface area contributed by atoms with Gasteiger partial charge in [-0.2, -0.15) is 0 Å². The summed E-state index contributed by atoms with van der Waals surface area (Å²) in [6, 6.07) is 9.05. The maximum Gasteiger partial charge on any atom is 0.323 e. The quantitative estimate of drug-likeness (QED) is 0.675. The van der Waals surface area contributed by atoms with E-state index in [-0.39, 0.29) is 18.1 Å². The third-order valence-corrected chi connectivity index (χ3v) is 5.51. The lowest BCUT2D eigenvalue weighted by Crippen LogP contribution is -2.47. The average molecular weight is 338 g/mol. The van der Waals surface area contributed by atoms with Gasteiger partial charge in [-0.1, -0.05) is 23.8 Å². The van der Waals surface area contributed by atoms with Crippen LogP contribution in [0.1, 0.15) is 56.5 Å². The maximum atomic E-state index is 12.3. The highest BCUT2D eigenvalue weighted by atomic mass is 16.5. The molecule has 2 aliphatic heterocycles. The largest absolute Gasteiger partial charge is 0.465 e. The van der Waals surface area contributed by atoms with Crippen molar-refractivity contribution >= 4 is 16.9 Å². The highest BCUT2D eigenvalue weighted by Crippen LogP contribution is 2.45. The van der Waals surface area contributed by atoms with E-state index in [9.17, 15) is 4.79 Å². The zero-order valence-corrected chi connectivity index (χ0v) is 15.0. The number of hydrogen-bond donors (Lipinski definition) is 1. The summed E-state index contributed by atoms with van der Waals surface area (Å²) in [5.41, 5.74) is 5.21. The predicted molar refractivity (Wildman–Crippen MR) is 99.6 cm³/mol. The van der Waals surface area contributed by atoms with Crippen LogP contribution in [0.4, 0.5) is 0 Å². The molecule has 0 aliphatic carbocycles. The third-order valence-electron chi connectivity index (χ3n) is 5.51. The molecule has 0 fully saturated rings. The van der Waals surface area contributed by atoms with E-state index in [0.717, 1.165) is 19.3 Å². The molecule has 1 aromatic carbocycles. The van der Waals surface area contributed by atoms with Crippen molar-refractivity contribution in [2.45, 2.75) is 57.7 Å². The zero-order chi connectivity index (χ0) is 17.6. The van der Waals surface area contributed by atoms with Crippen molar-refractivity contribution in [1.82, 2.24) is 9.88 Å². The molecule has 0 unspecified atom stereocenters. The first-order chi connectivity index (χ1) is 12.1. The number of benzene rings is 1. The van der Waals surface area contributed by atoms with Gasteiger partial charge in [0.1, 0.15) is 6.04 Å². The Hall–Kier alpha value is -2.07. The molecule has 0 saturated carbocycles. The van der Waals surface area contributed by atoms with Crippen LogP contribution in [-0.2, 0) is 16.0 Å². The zero-order valence-electron chi connectivity index (χ0n) is 15.0. The van der Waals surface area contributed by atoms with Crippen LogP contribution >= 0.6 is 0 Å². The molecule has 0 amide bonds. The minimum Gasteiger partial charge on any atom is -0.465 e. The van der Waals surface area contributed by atoms with E-state index in [1.165, 1.54) is 27.7 Å². The Morgan fingerprint density at radius 1 is 1.36 bits per heavy atom. The molecule has 4 nitrogen and oxygen atoms in total. The first-order valence-corrected chi connectivity index (χ1v) is 9.29. The summed E-state index contributed by atoms with van der Waals surface area (Å²) in [6.07, 6.45) is 3.87. The molecule has 132 valence electrons. The van der Waals surface area contributed by atoms with E-state index in [0.29, 0.717) is 19.1 Å². The summed E-state index contributed by atoms with van der Waals surface area (Å²) < 4.78 is 7.80. The van der Waals surface area contributed by atoms with Gasteiger partial charge in [0.2, 0.25) is 0 Å². The Morgan fingerprint density at radius 3 is 2.92 bits per heavy atom. The molecular formula is C21H26N2O2. The Balaban J connectivity index is 1.83. The summed E-state index contributed by atoms with van der Waals surface area (Å²) in [6.45, 7) is 8.53. The maximum absolute atomic E-state index is 12.3. The summed E-state index contributed by atoms with van der Waals surface area (Å²) in [7, 11) is 0. The van der Waals surface area contributed by atoms with Crippen LogP contribution < -0.4 is 5.32 Å². The van der Waals surface area contributed by atoms with Gasteiger partial charge in [-0.3, -0.25) is 10.1 Å². The molecule has 0 radical (unpaired) electrons. The average Bonchev–Trinajstić information content (AvgIpc) is 2.93. The third kappa shape index (κ3) is 2.69. The molecule has 0 bridgehead atoms. The molecule has 1 aromatic heterocycles. The van der Waals surface area contributed by atoms with Crippen molar-refractivity contribution in [3.05, 3.63) is 47.7 Å². The summed E-state index contributed by atoms with van der Waals surface area (Å²) in [5.74, 6) is -0.131. The standard InChI is InChI=1S/C21H26N2O2/c1-4-25-21(24)18-12-16-15-7-5-6-8-19(15)23-14(11-13(2)3)9-10-17(22-18)20(16)23/h5-8,14,17-18,22H,2,4,9-12H2,1,3H3/t14-,17-,18-/m0/s1. The molecule has 4 heteroatoms. The van der Waals surface area contributed by atoms with Crippen LogP contribution in [0.15, 0.2) is 36.4 Å². The number of esters is 1. The summed E-state index contributed by atoms with van der Waals surface area (Å²) >= 11 is 0. The van der Waals surface area contributed by atoms with Gasteiger partial charge >= 0.3 is 5.97 Å². The first-order valence-electron chi connectivity index (χ1n) is 9.29. The predicted octanol–water partition coefficient (Wildman–Crippen LogP) is 4.06. The van der Waals surface area contributed by atoms with Crippen molar-refractivity contribution < 1.29 is 9.53 Å². The fourth-order valence-corrected chi connectivity index (χ4v) is 4.62. The SMILES string of the molecule is C=C(C)C[C@@H]1CC[C@@H]2N[C@H](C(=O)OCC)Cc3c2n1c1ccccc31. The monoisotopic (exact) mass is 338 g/mol. The van der Waals surface area contributed by atoms with Crippen LogP contribution in [0, 0.1) is 0 Å². The number of fused-ring (bicyclic) bond motifs is 3. The van der Waals surface area contributed by atoms with E-state index in [4.69, 9.17) is 4.74 Å². The number of carbonyl (C=O) groups excluding carboxylic acids is 1. The number of aromatic nitrogens is 1. The lowest BCUT2D eigenvalue weighted by atomic mass is 9.87. The number of hydrogen-bond acceptors (Lipinski definition) is 3. The first kappa shape index (κ1) is 16.4. The molecule has 1 N–H and O–H groups in total. The molecule has 2 aromatic rings. The van der Waals surface area contributed by atoms with Gasteiger partial charge in [-0.25, -0.2) is 0 Å². The van der Waals surface area contributed by atoms with Gasteiger partial charge in [0.15, 0.2) is 0 Å². The molecular weight excluding hydrogens is 312 g/mol. The smallest absolute Gasteiger partial charge is 0.323 e. The minimum atomic E-state index is -0.241. The molecule has 0 saturated heterocycles. The lowest BCUT2D eigenvalue weighted by molar-refractivity contribution is -0.146. The van der Waals surface area contributed by atoms with Crippen molar-refractivity contribution in [1.29, 1.82) is 0 Å². The Morgan fingerprint density at radius 2 is 2.16 bits per heavy atom. The molecule has 2 aliphatic rings. The number of carbonyl (C=O) groups is 1. The number of allylic oxidation sites excluding steroid dienone is 1. The van der Waals surface area contributed by atoms with Crippen LogP contribution in [0.2, 0.25) is 0 Å². The van der Waals surface area contributed by atoms with E-state index >= 15 is 0 Å². The number of para-hydroxylation sites is 1. The van der Waals surface area contributed by atoms with Crippen molar-refractivity contribution in [2.75, 3.05) is 6.61 Å². The summed E-state index contributed by atoms with van der Waals surface area (Å²) in [5, 5.41) is 4.84. The lowest BCUT2D eigenvalue weighted by Gasteiger charge is -2.38. The molecule has 3 heterocycles. The Kier molecular flexibility index (Phi) is 4.16. The van der Waals surface area contributed by atoms with Gasteiger partial charge < -0.3 is 9.30 Å². The van der Waals surface area contributed by atoms with Gasteiger partial charge in [0.05, 0.1) is 6.61 Å². The Labute approximate surface area is 148 Å². The van der Waals surface area contributed by atoms with Gasteiger partial charge in [-0.05, 0) is 44.7 Å². The van der Waals surface area contributed by atoms with Gasteiger partial charge in [0, 0.05) is 35.1 Å². The van der Waals surface area contributed by atoms with Crippen LogP contribution in [-0.4, -0.2) is 23.2 Å². The summed E-state index contributed by atoms with van der Waals surface area (Å²) in [4.78, 5) is 12.3. The van der Waals surface area contributed by atoms with Crippen LogP contribution in [0.25, 0.3) is 10.9 Å². The van der Waals surface area contributed by atoms with Crippen molar-refractivity contribution in [3.8, 4) is 0 Å². The normalized spacial score (nSPS) is 24.8. The fraction of sp³-hybridized carbons (Fsp3) is 0.476. The highest BCUT2D eigenvalue weighted by molar-refractivity contribution is 5.88. The number of nitrogens with zero attached hydrogens (tertiary/aromatic N) is 1. The van der Waals surface area contributed by atoms with Gasteiger partial charge in [0.25, 0.3) is 0 Å². The van der Waals surface area contributed by atoms with Crippen LogP contribution in [0.5, 0.6) is 0 Å². The second-order valence-electron chi connectivity index (χ2n) is 7.37. The highest BCUT2D eigenvalue weighted by Gasteiger charge is 2.39. The molecule has 3 atom stereocenters. The van der Waals surface area contributed by atoms with E-state index < -0.39 is 0 Å².